The van der Waals surface area contributed by atoms with Crippen molar-refractivity contribution < 1.29 is 13.6 Å². The highest BCUT2D eigenvalue weighted by molar-refractivity contribution is 5.77. The molecule has 0 aromatic heterocycles. The summed E-state index contributed by atoms with van der Waals surface area (Å²) in [5.41, 5.74) is 4.87. The highest BCUT2D eigenvalue weighted by Crippen LogP contribution is 2.12. The summed E-state index contributed by atoms with van der Waals surface area (Å²) in [6.45, 7) is 3.24. The average Bonchev–Trinajstić information content (AvgIpc) is 2.14. The van der Waals surface area contributed by atoms with E-state index in [0.29, 0.717) is 0 Å². The summed E-state index contributed by atoms with van der Waals surface area (Å²) < 4.78 is 26.4. The van der Waals surface area contributed by atoms with Gasteiger partial charge < -0.3 is 11.1 Å². The molecule has 5 heteroatoms. The molecule has 0 bridgehead atoms. The maximum Gasteiger partial charge on any atom is 0.222 e. The first kappa shape index (κ1) is 13.6. The lowest BCUT2D eigenvalue weighted by atomic mass is 10.0. The van der Waals surface area contributed by atoms with Gasteiger partial charge in [0.2, 0.25) is 5.91 Å². The Hall–Kier alpha value is -1.49. The number of carbonyl (C=O) groups is 1. The van der Waals surface area contributed by atoms with Gasteiger partial charge >= 0.3 is 0 Å². The van der Waals surface area contributed by atoms with Crippen molar-refractivity contribution in [1.82, 2.24) is 5.32 Å². The fourth-order valence-electron chi connectivity index (χ4n) is 1.36. The quantitative estimate of drug-likeness (QED) is 0.844. The minimum atomic E-state index is -0.669. The van der Waals surface area contributed by atoms with Gasteiger partial charge in [-0.2, -0.15) is 0 Å². The minimum Gasteiger partial charge on any atom is -0.352 e. The van der Waals surface area contributed by atoms with E-state index in [1.54, 1.807) is 13.8 Å². The van der Waals surface area contributed by atoms with Crippen molar-refractivity contribution in [1.29, 1.82) is 0 Å². The highest BCUT2D eigenvalue weighted by Gasteiger charge is 2.17. The second kappa shape index (κ2) is 5.23. The van der Waals surface area contributed by atoms with Crippen LogP contribution in [0.3, 0.4) is 0 Å². The zero-order chi connectivity index (χ0) is 13.1. The molecular formula is C12H16F2N2O. The molecule has 0 aliphatic heterocycles. The Balaban J connectivity index is 2.59. The molecule has 94 valence electrons. The van der Waals surface area contributed by atoms with E-state index in [1.165, 1.54) is 6.07 Å². The van der Waals surface area contributed by atoms with E-state index < -0.39 is 17.2 Å². The molecule has 0 aliphatic carbocycles. The van der Waals surface area contributed by atoms with E-state index in [-0.39, 0.29) is 24.4 Å². The SMILES string of the molecule is CC(C)(N)CC(=O)NCc1c(F)cccc1F. The van der Waals surface area contributed by atoms with Crippen molar-refractivity contribution in [3.05, 3.63) is 35.4 Å². The van der Waals surface area contributed by atoms with Crippen LogP contribution in [0.15, 0.2) is 18.2 Å². The summed E-state index contributed by atoms with van der Waals surface area (Å²) in [6.07, 6.45) is 0.100. The number of halogens is 2. The van der Waals surface area contributed by atoms with Crippen LogP contribution in [-0.4, -0.2) is 11.4 Å². The molecule has 1 aromatic rings. The Kier molecular flexibility index (Phi) is 4.17. The maximum absolute atomic E-state index is 13.2. The molecule has 0 atom stereocenters. The van der Waals surface area contributed by atoms with E-state index in [1.807, 2.05) is 0 Å². The predicted molar refractivity (Wildman–Crippen MR) is 61.1 cm³/mol. The van der Waals surface area contributed by atoms with Crippen molar-refractivity contribution >= 4 is 5.91 Å². The van der Waals surface area contributed by atoms with Crippen molar-refractivity contribution in [2.45, 2.75) is 32.4 Å². The number of benzene rings is 1. The lowest BCUT2D eigenvalue weighted by Gasteiger charge is -2.17. The van der Waals surface area contributed by atoms with Gasteiger partial charge in [-0.05, 0) is 26.0 Å². The van der Waals surface area contributed by atoms with E-state index in [2.05, 4.69) is 5.32 Å². The Morgan fingerprint density at radius 3 is 2.35 bits per heavy atom. The molecule has 3 N–H and O–H groups in total. The summed E-state index contributed by atoms with van der Waals surface area (Å²) in [6, 6.07) is 3.58. The molecule has 1 aromatic carbocycles. The van der Waals surface area contributed by atoms with Crippen molar-refractivity contribution in [2.24, 2.45) is 5.73 Å². The summed E-state index contributed by atoms with van der Waals surface area (Å²) in [5.74, 6) is -1.67. The summed E-state index contributed by atoms with van der Waals surface area (Å²) in [7, 11) is 0. The maximum atomic E-state index is 13.2. The number of hydrogen-bond acceptors (Lipinski definition) is 2. The standard InChI is InChI=1S/C12H16F2N2O/c1-12(2,15)6-11(17)16-7-8-9(13)4-3-5-10(8)14/h3-5H,6-7,15H2,1-2H3,(H,16,17). The highest BCUT2D eigenvalue weighted by atomic mass is 19.1. The smallest absolute Gasteiger partial charge is 0.222 e. The van der Waals surface area contributed by atoms with Crippen LogP contribution in [-0.2, 0) is 11.3 Å². The van der Waals surface area contributed by atoms with Crippen LogP contribution < -0.4 is 11.1 Å². The number of rotatable bonds is 4. The molecule has 3 nitrogen and oxygen atoms in total. The van der Waals surface area contributed by atoms with E-state index >= 15 is 0 Å². The number of nitrogens with one attached hydrogen (secondary N) is 1. The van der Waals surface area contributed by atoms with Crippen LogP contribution in [0.5, 0.6) is 0 Å². The number of nitrogens with two attached hydrogens (primary N) is 1. The van der Waals surface area contributed by atoms with Crippen molar-refractivity contribution in [3.63, 3.8) is 0 Å². The first-order valence-electron chi connectivity index (χ1n) is 5.28. The average molecular weight is 242 g/mol. The first-order chi connectivity index (χ1) is 7.79. The van der Waals surface area contributed by atoms with Gasteiger partial charge in [0.15, 0.2) is 0 Å². The fraction of sp³-hybridized carbons (Fsp3) is 0.417. The summed E-state index contributed by atoms with van der Waals surface area (Å²) >= 11 is 0. The van der Waals surface area contributed by atoms with E-state index in [0.717, 1.165) is 12.1 Å². The zero-order valence-electron chi connectivity index (χ0n) is 9.89. The largest absolute Gasteiger partial charge is 0.352 e. The van der Waals surface area contributed by atoms with Gasteiger partial charge in [-0.25, -0.2) is 8.78 Å². The molecule has 0 saturated carbocycles. The Labute approximate surface area is 99.0 Å². The zero-order valence-corrected chi connectivity index (χ0v) is 9.89. The van der Waals surface area contributed by atoms with Gasteiger partial charge in [0.05, 0.1) is 0 Å². The van der Waals surface area contributed by atoms with Crippen molar-refractivity contribution in [2.75, 3.05) is 0 Å². The second-order valence-corrected chi connectivity index (χ2v) is 4.64. The van der Waals surface area contributed by atoms with Crippen LogP contribution in [0.1, 0.15) is 25.8 Å². The summed E-state index contributed by atoms with van der Waals surface area (Å²) in [4.78, 5) is 11.4. The lowest BCUT2D eigenvalue weighted by molar-refractivity contribution is -0.122. The van der Waals surface area contributed by atoms with Crippen LogP contribution in [0.4, 0.5) is 8.78 Å². The third-order valence-electron chi connectivity index (χ3n) is 2.14. The van der Waals surface area contributed by atoms with Crippen LogP contribution in [0, 0.1) is 11.6 Å². The van der Waals surface area contributed by atoms with Crippen LogP contribution >= 0.6 is 0 Å². The molecule has 0 spiro atoms. The molecule has 17 heavy (non-hydrogen) atoms. The summed E-state index contributed by atoms with van der Waals surface area (Å²) in [5, 5.41) is 2.44. The Morgan fingerprint density at radius 2 is 1.88 bits per heavy atom. The molecule has 0 aliphatic rings. The van der Waals surface area contributed by atoms with Gasteiger partial charge in [-0.15, -0.1) is 0 Å². The van der Waals surface area contributed by atoms with Crippen molar-refractivity contribution in [3.8, 4) is 0 Å². The molecule has 1 rings (SSSR count). The monoisotopic (exact) mass is 242 g/mol. The fourth-order valence-corrected chi connectivity index (χ4v) is 1.36. The minimum absolute atomic E-state index is 0.100. The molecule has 1 amide bonds. The van der Waals surface area contributed by atoms with Gasteiger partial charge in [-0.3, -0.25) is 4.79 Å². The molecule has 0 fully saturated rings. The number of hydrogen-bond donors (Lipinski definition) is 2. The van der Waals surface area contributed by atoms with Crippen LogP contribution in [0.2, 0.25) is 0 Å². The Morgan fingerprint density at radius 1 is 1.35 bits per heavy atom. The van der Waals surface area contributed by atoms with Gasteiger partial charge in [0.1, 0.15) is 11.6 Å². The second-order valence-electron chi connectivity index (χ2n) is 4.64. The predicted octanol–water partition coefficient (Wildman–Crippen LogP) is 1.71. The molecule has 0 saturated heterocycles. The van der Waals surface area contributed by atoms with E-state index in [9.17, 15) is 13.6 Å². The van der Waals surface area contributed by atoms with Gasteiger partial charge in [0, 0.05) is 24.1 Å². The molecule has 0 heterocycles. The lowest BCUT2D eigenvalue weighted by Crippen LogP contribution is -2.39. The molecule has 0 unspecified atom stereocenters. The normalized spacial score (nSPS) is 11.4. The molecule has 0 radical (unpaired) electrons. The Bertz CT molecular complexity index is 393. The molecular weight excluding hydrogens is 226 g/mol. The van der Waals surface area contributed by atoms with Gasteiger partial charge in [-0.1, -0.05) is 6.07 Å². The third kappa shape index (κ3) is 4.48. The van der Waals surface area contributed by atoms with E-state index in [4.69, 9.17) is 5.73 Å². The first-order valence-corrected chi connectivity index (χ1v) is 5.28. The number of amides is 1. The third-order valence-corrected chi connectivity index (χ3v) is 2.14. The number of carbonyl (C=O) groups excluding carboxylic acids is 1. The topological polar surface area (TPSA) is 55.1 Å². The van der Waals surface area contributed by atoms with Gasteiger partial charge in [0.25, 0.3) is 0 Å². The van der Waals surface area contributed by atoms with Crippen LogP contribution in [0.25, 0.3) is 0 Å².